The van der Waals surface area contributed by atoms with Crippen LogP contribution in [0, 0.1) is 0 Å². The zero-order valence-corrected chi connectivity index (χ0v) is 20.5. The van der Waals surface area contributed by atoms with Crippen molar-refractivity contribution in [3.63, 3.8) is 0 Å². The number of hydrogen-bond acceptors (Lipinski definition) is 3. The second-order valence-electron chi connectivity index (χ2n) is 9.25. The topological polar surface area (TPSA) is 67.6 Å². The predicted octanol–water partition coefficient (Wildman–Crippen LogP) is 6.04. The maximum absolute atomic E-state index is 11.8. The van der Waals surface area contributed by atoms with Gasteiger partial charge in [-0.2, -0.15) is 0 Å². The zero-order chi connectivity index (χ0) is 22.3. The van der Waals surface area contributed by atoms with Gasteiger partial charge in [0.25, 0.3) is 0 Å². The van der Waals surface area contributed by atoms with Crippen LogP contribution in [0.2, 0.25) is 28.2 Å². The van der Waals surface area contributed by atoms with Gasteiger partial charge >= 0.3 is 6.09 Å². The molecule has 30 heavy (non-hydrogen) atoms. The van der Waals surface area contributed by atoms with Crippen molar-refractivity contribution in [2.24, 2.45) is 0 Å². The Labute approximate surface area is 188 Å². The van der Waals surface area contributed by atoms with E-state index in [9.17, 15) is 9.90 Å². The molecular weight excluding hydrogens is 441 g/mol. The number of aromatic nitrogens is 2. The second kappa shape index (κ2) is 8.53. The van der Waals surface area contributed by atoms with Crippen molar-refractivity contribution >= 4 is 48.6 Å². The third kappa shape index (κ3) is 4.69. The summed E-state index contributed by atoms with van der Waals surface area (Å²) < 4.78 is 8.53. The molecule has 1 saturated heterocycles. The first-order valence-corrected chi connectivity index (χ1v) is 13.7. The van der Waals surface area contributed by atoms with Crippen LogP contribution in [0.1, 0.15) is 27.2 Å². The number of imidazole rings is 1. The molecule has 1 fully saturated rings. The highest BCUT2D eigenvalue weighted by Crippen LogP contribution is 2.39. The van der Waals surface area contributed by atoms with Crippen molar-refractivity contribution in [2.75, 3.05) is 6.54 Å². The molecule has 2 heterocycles. The predicted molar refractivity (Wildman–Crippen MR) is 124 cm³/mol. The zero-order valence-electron chi connectivity index (χ0n) is 18.0. The maximum atomic E-state index is 11.8. The number of halogens is 2. The number of fused-ring (bicyclic) bond motifs is 1. The number of rotatable bonds is 5. The highest BCUT2D eigenvalue weighted by atomic mass is 35.5. The van der Waals surface area contributed by atoms with E-state index in [1.807, 2.05) is 16.7 Å². The molecular formula is C21H29Cl2N3O3Si. The van der Waals surface area contributed by atoms with Crippen molar-refractivity contribution in [1.82, 2.24) is 14.5 Å². The van der Waals surface area contributed by atoms with Gasteiger partial charge in [-0.15, -0.1) is 0 Å². The molecule has 164 valence electrons. The average Bonchev–Trinajstić information content (AvgIpc) is 3.19. The standard InChI is InChI=1S/C21H29Cl2N3O3Si/c1-21(2,3)30(4,5)29-19-8-10-26(20(27)28)17(19)7-6-9-25-13-24-16-11-14(22)15(23)12-18(16)25/h6-7,11-13,17,19H,8-10H2,1-5H3,(H,27,28)/b7-6+/t17-,19+/m1/s1. The van der Waals surface area contributed by atoms with Crippen molar-refractivity contribution in [2.45, 2.75) is 64.0 Å². The number of hydrogen-bond donors (Lipinski definition) is 1. The lowest BCUT2D eigenvalue weighted by molar-refractivity contribution is 0.121. The summed E-state index contributed by atoms with van der Waals surface area (Å²) in [5.41, 5.74) is 1.65. The van der Waals surface area contributed by atoms with Gasteiger partial charge in [-0.25, -0.2) is 9.78 Å². The van der Waals surface area contributed by atoms with Crippen molar-refractivity contribution in [3.05, 3.63) is 40.7 Å². The molecule has 0 saturated carbocycles. The molecule has 2 atom stereocenters. The number of carbonyl (C=O) groups is 1. The number of benzene rings is 1. The summed E-state index contributed by atoms with van der Waals surface area (Å²) in [6, 6.07) is 3.23. The van der Waals surface area contributed by atoms with E-state index in [-0.39, 0.29) is 17.2 Å². The van der Waals surface area contributed by atoms with Crippen LogP contribution in [0.25, 0.3) is 11.0 Å². The Morgan fingerprint density at radius 1 is 1.33 bits per heavy atom. The number of likely N-dealkylation sites (tertiary alicyclic amines) is 1. The molecule has 0 unspecified atom stereocenters. The van der Waals surface area contributed by atoms with Gasteiger partial charge in [0.15, 0.2) is 8.32 Å². The molecule has 1 N–H and O–H groups in total. The highest BCUT2D eigenvalue weighted by Gasteiger charge is 2.44. The normalized spacial score (nSPS) is 20.6. The fourth-order valence-corrected chi connectivity index (χ4v) is 5.12. The summed E-state index contributed by atoms with van der Waals surface area (Å²) >= 11 is 12.2. The van der Waals surface area contributed by atoms with Crippen LogP contribution in [0.5, 0.6) is 0 Å². The van der Waals surface area contributed by atoms with Gasteiger partial charge in [0.05, 0.1) is 39.6 Å². The lowest BCUT2D eigenvalue weighted by atomic mass is 10.1. The number of carboxylic acid groups (broad SMARTS) is 1. The summed E-state index contributed by atoms with van der Waals surface area (Å²) in [6.07, 6.45) is 5.30. The van der Waals surface area contributed by atoms with E-state index in [0.717, 1.165) is 11.0 Å². The molecule has 6 nitrogen and oxygen atoms in total. The van der Waals surface area contributed by atoms with E-state index >= 15 is 0 Å². The number of nitrogens with zero attached hydrogens (tertiary/aromatic N) is 3. The summed E-state index contributed by atoms with van der Waals surface area (Å²) in [6.45, 7) is 12.0. The Kier molecular flexibility index (Phi) is 6.58. The fraction of sp³-hybridized carbons (Fsp3) is 0.524. The monoisotopic (exact) mass is 469 g/mol. The maximum Gasteiger partial charge on any atom is 0.407 e. The minimum atomic E-state index is -2.01. The quantitative estimate of drug-likeness (QED) is 0.427. The molecule has 0 spiro atoms. The third-order valence-corrected chi connectivity index (χ3v) is 11.4. The van der Waals surface area contributed by atoms with Gasteiger partial charge in [0.2, 0.25) is 0 Å². The molecule has 9 heteroatoms. The molecule has 0 aliphatic carbocycles. The second-order valence-corrected chi connectivity index (χ2v) is 14.8. The summed E-state index contributed by atoms with van der Waals surface area (Å²) in [7, 11) is -2.01. The highest BCUT2D eigenvalue weighted by molar-refractivity contribution is 6.74. The lowest BCUT2D eigenvalue weighted by Crippen LogP contribution is -2.47. The average molecular weight is 470 g/mol. The van der Waals surface area contributed by atoms with E-state index in [2.05, 4.69) is 38.8 Å². The molecule has 0 radical (unpaired) electrons. The van der Waals surface area contributed by atoms with Crippen LogP contribution >= 0.6 is 23.2 Å². The molecule has 1 amide bonds. The van der Waals surface area contributed by atoms with E-state index in [0.29, 0.717) is 29.6 Å². The van der Waals surface area contributed by atoms with Gasteiger partial charge in [-0.3, -0.25) is 4.90 Å². The number of amides is 1. The molecule has 2 aromatic rings. The van der Waals surface area contributed by atoms with Crippen LogP contribution in [0.15, 0.2) is 30.6 Å². The van der Waals surface area contributed by atoms with E-state index in [4.69, 9.17) is 27.6 Å². The number of allylic oxidation sites excluding steroid dienone is 1. The molecule has 1 aliphatic rings. The Bertz CT molecular complexity index is 968. The molecule has 1 aromatic carbocycles. The molecule has 1 aromatic heterocycles. The summed E-state index contributed by atoms with van der Waals surface area (Å²) in [5.74, 6) is 0. The van der Waals surface area contributed by atoms with Crippen LogP contribution in [0.4, 0.5) is 4.79 Å². The van der Waals surface area contributed by atoms with Gasteiger partial charge in [0, 0.05) is 13.1 Å². The van der Waals surface area contributed by atoms with Gasteiger partial charge < -0.3 is 14.1 Å². The fourth-order valence-electron chi connectivity index (χ4n) is 3.43. The summed E-state index contributed by atoms with van der Waals surface area (Å²) in [5, 5.41) is 10.7. The Balaban J connectivity index is 1.80. The Morgan fingerprint density at radius 2 is 2.00 bits per heavy atom. The van der Waals surface area contributed by atoms with Gasteiger partial charge in [0.1, 0.15) is 0 Å². The van der Waals surface area contributed by atoms with Crippen LogP contribution in [-0.2, 0) is 11.0 Å². The molecule has 1 aliphatic heterocycles. The lowest BCUT2D eigenvalue weighted by Gasteiger charge is -2.39. The molecule has 0 bridgehead atoms. The largest absolute Gasteiger partial charge is 0.465 e. The van der Waals surface area contributed by atoms with Gasteiger partial charge in [-0.05, 0) is 36.7 Å². The van der Waals surface area contributed by atoms with Crippen LogP contribution < -0.4 is 0 Å². The smallest absolute Gasteiger partial charge is 0.407 e. The Morgan fingerprint density at radius 3 is 2.63 bits per heavy atom. The van der Waals surface area contributed by atoms with Gasteiger partial charge in [-0.1, -0.05) is 56.1 Å². The summed E-state index contributed by atoms with van der Waals surface area (Å²) in [4.78, 5) is 17.6. The minimum Gasteiger partial charge on any atom is -0.465 e. The van der Waals surface area contributed by atoms with Crippen LogP contribution in [0.3, 0.4) is 0 Å². The first kappa shape index (κ1) is 23.1. The van der Waals surface area contributed by atoms with Crippen molar-refractivity contribution < 1.29 is 14.3 Å². The third-order valence-electron chi connectivity index (χ3n) is 6.19. The van der Waals surface area contributed by atoms with Crippen molar-refractivity contribution in [3.8, 4) is 0 Å². The first-order chi connectivity index (χ1) is 13.9. The van der Waals surface area contributed by atoms with E-state index in [1.165, 1.54) is 4.90 Å². The Hall–Kier alpha value is -1.54. The van der Waals surface area contributed by atoms with E-state index in [1.54, 1.807) is 18.5 Å². The van der Waals surface area contributed by atoms with Crippen molar-refractivity contribution in [1.29, 1.82) is 0 Å². The van der Waals surface area contributed by atoms with Crippen LogP contribution in [-0.4, -0.2) is 52.7 Å². The van der Waals surface area contributed by atoms with E-state index < -0.39 is 14.4 Å². The molecule has 3 rings (SSSR count). The first-order valence-electron chi connectivity index (χ1n) is 10.0. The minimum absolute atomic E-state index is 0.0637. The SMILES string of the molecule is CC(C)(C)[Si](C)(C)O[C@H]1CCN(C(=O)O)[C@@H]1/C=C/Cn1cnc2cc(Cl)c(Cl)cc21.